The van der Waals surface area contributed by atoms with Crippen LogP contribution in [0.2, 0.25) is 0 Å². The van der Waals surface area contributed by atoms with Crippen molar-refractivity contribution in [2.24, 2.45) is 5.73 Å². The summed E-state index contributed by atoms with van der Waals surface area (Å²) in [5, 5.41) is 9.68. The summed E-state index contributed by atoms with van der Waals surface area (Å²) in [6, 6.07) is 6.65. The number of rotatable bonds is 4. The zero-order chi connectivity index (χ0) is 14.0. The molecular weight excluding hydrogens is 244 g/mol. The number of carboxylic acids is 1. The Morgan fingerprint density at radius 2 is 2.16 bits per heavy atom. The fourth-order valence-corrected chi connectivity index (χ4v) is 1.97. The second-order valence-corrected chi connectivity index (χ2v) is 4.69. The number of aromatic amines is 1. The number of fused-ring (bicyclic) bond motifs is 1. The van der Waals surface area contributed by atoms with Crippen molar-refractivity contribution in [1.29, 1.82) is 0 Å². The summed E-state index contributed by atoms with van der Waals surface area (Å²) in [5.41, 5.74) is 7.83. The molecule has 2 rings (SSSR count). The first-order chi connectivity index (χ1) is 8.97. The van der Waals surface area contributed by atoms with E-state index < -0.39 is 12.0 Å². The van der Waals surface area contributed by atoms with E-state index in [0.717, 1.165) is 16.5 Å². The van der Waals surface area contributed by atoms with Crippen LogP contribution in [-0.4, -0.2) is 22.1 Å². The molecule has 0 aliphatic heterocycles. The highest BCUT2D eigenvalue weighted by atomic mass is 16.4. The van der Waals surface area contributed by atoms with Crippen LogP contribution in [0.5, 0.6) is 0 Å². The maximum Gasteiger partial charge on any atom is 0.320 e. The van der Waals surface area contributed by atoms with Gasteiger partial charge in [0, 0.05) is 11.1 Å². The van der Waals surface area contributed by atoms with Crippen LogP contribution in [0.4, 0.5) is 0 Å². The average molecular weight is 260 g/mol. The number of aromatic nitrogens is 1. The van der Waals surface area contributed by atoms with E-state index in [1.54, 1.807) is 6.92 Å². The smallest absolute Gasteiger partial charge is 0.320 e. The van der Waals surface area contributed by atoms with Gasteiger partial charge >= 0.3 is 5.97 Å². The molecule has 0 radical (unpaired) electrons. The fraction of sp³-hybridized carbons (Fsp3) is 0.286. The summed E-state index contributed by atoms with van der Waals surface area (Å²) in [5.74, 6) is -0.985. The van der Waals surface area contributed by atoms with Gasteiger partial charge in [-0.05, 0) is 48.9 Å². The minimum absolute atomic E-state index is 0.0897. The number of hydrogen-bond donors (Lipinski definition) is 3. The highest BCUT2D eigenvalue weighted by molar-refractivity contribution is 5.79. The molecule has 19 heavy (non-hydrogen) atoms. The molecule has 0 saturated heterocycles. The molecule has 0 amide bonds. The molecule has 0 spiro atoms. The van der Waals surface area contributed by atoms with Crippen molar-refractivity contribution in [3.63, 3.8) is 0 Å². The van der Waals surface area contributed by atoms with Crippen LogP contribution in [0.1, 0.15) is 17.5 Å². The minimum atomic E-state index is -0.985. The van der Waals surface area contributed by atoms with E-state index in [9.17, 15) is 9.59 Å². The van der Waals surface area contributed by atoms with Gasteiger partial charge in [-0.25, -0.2) is 0 Å². The quantitative estimate of drug-likeness (QED) is 0.769. The zero-order valence-electron chi connectivity index (χ0n) is 10.6. The number of H-pyrrole nitrogens is 1. The van der Waals surface area contributed by atoms with Crippen molar-refractivity contribution in [2.75, 3.05) is 0 Å². The van der Waals surface area contributed by atoms with E-state index in [2.05, 4.69) is 4.98 Å². The van der Waals surface area contributed by atoms with E-state index in [0.29, 0.717) is 18.4 Å². The molecule has 5 nitrogen and oxygen atoms in total. The molecule has 0 bridgehead atoms. The van der Waals surface area contributed by atoms with Crippen LogP contribution < -0.4 is 11.3 Å². The number of aryl methyl sites for hydroxylation is 2. The minimum Gasteiger partial charge on any atom is -0.480 e. The van der Waals surface area contributed by atoms with Crippen molar-refractivity contribution in [2.45, 2.75) is 25.8 Å². The molecule has 0 aliphatic rings. The second kappa shape index (κ2) is 5.24. The summed E-state index contributed by atoms with van der Waals surface area (Å²) in [6.45, 7) is 1.76. The van der Waals surface area contributed by atoms with Crippen molar-refractivity contribution >= 4 is 16.9 Å². The predicted octanol–water partition coefficient (Wildman–Crippen LogP) is 1.18. The number of nitrogens with one attached hydrogen (secondary N) is 1. The number of benzene rings is 1. The molecule has 1 heterocycles. The van der Waals surface area contributed by atoms with E-state index in [1.165, 1.54) is 0 Å². The normalized spacial score (nSPS) is 12.5. The number of hydrogen-bond acceptors (Lipinski definition) is 3. The lowest BCUT2D eigenvalue weighted by Gasteiger charge is -2.07. The predicted molar refractivity (Wildman–Crippen MR) is 73.2 cm³/mol. The summed E-state index contributed by atoms with van der Waals surface area (Å²) in [6.07, 6.45) is 0.991. The van der Waals surface area contributed by atoms with Crippen molar-refractivity contribution < 1.29 is 9.90 Å². The summed E-state index contributed by atoms with van der Waals surface area (Å²) in [7, 11) is 0. The zero-order valence-corrected chi connectivity index (χ0v) is 10.6. The van der Waals surface area contributed by atoms with Crippen LogP contribution in [0.25, 0.3) is 10.9 Å². The van der Waals surface area contributed by atoms with Crippen LogP contribution in [0.3, 0.4) is 0 Å². The molecule has 4 N–H and O–H groups in total. The first-order valence-electron chi connectivity index (χ1n) is 6.08. The third kappa shape index (κ3) is 3.00. The van der Waals surface area contributed by atoms with Gasteiger partial charge in [0.1, 0.15) is 6.04 Å². The van der Waals surface area contributed by atoms with Gasteiger partial charge in [0.2, 0.25) is 0 Å². The SMILES string of the molecule is Cc1cc2cc(CCC(N)C(=O)O)ccc2[nH]c1=O. The Bertz CT molecular complexity index is 676. The van der Waals surface area contributed by atoms with Gasteiger partial charge in [0.25, 0.3) is 5.56 Å². The van der Waals surface area contributed by atoms with Gasteiger partial charge in [0.05, 0.1) is 0 Å². The Labute approximate surface area is 110 Å². The third-order valence-electron chi connectivity index (χ3n) is 3.16. The summed E-state index contributed by atoms with van der Waals surface area (Å²) < 4.78 is 0. The Balaban J connectivity index is 2.24. The highest BCUT2D eigenvalue weighted by Crippen LogP contribution is 2.15. The lowest BCUT2D eigenvalue weighted by Crippen LogP contribution is -2.30. The first-order valence-corrected chi connectivity index (χ1v) is 6.08. The van der Waals surface area contributed by atoms with E-state index in [1.807, 2.05) is 24.3 Å². The molecule has 0 saturated carbocycles. The Morgan fingerprint density at radius 1 is 1.42 bits per heavy atom. The topological polar surface area (TPSA) is 96.2 Å². The van der Waals surface area contributed by atoms with Crippen LogP contribution in [-0.2, 0) is 11.2 Å². The van der Waals surface area contributed by atoms with E-state index in [-0.39, 0.29) is 5.56 Å². The summed E-state index contributed by atoms with van der Waals surface area (Å²) >= 11 is 0. The first kappa shape index (κ1) is 13.3. The number of carbonyl (C=O) groups is 1. The highest BCUT2D eigenvalue weighted by Gasteiger charge is 2.11. The maximum atomic E-state index is 11.5. The van der Waals surface area contributed by atoms with Gasteiger partial charge in [0.15, 0.2) is 0 Å². The van der Waals surface area contributed by atoms with Gasteiger partial charge in [-0.15, -0.1) is 0 Å². The lowest BCUT2D eigenvalue weighted by molar-refractivity contribution is -0.138. The molecule has 1 aromatic heterocycles. The molecule has 0 aliphatic carbocycles. The monoisotopic (exact) mass is 260 g/mol. The Kier molecular flexibility index (Phi) is 3.66. The molecule has 5 heteroatoms. The molecule has 1 atom stereocenters. The number of nitrogens with two attached hydrogens (primary N) is 1. The van der Waals surface area contributed by atoms with E-state index >= 15 is 0 Å². The van der Waals surface area contributed by atoms with Gasteiger partial charge < -0.3 is 15.8 Å². The molecule has 100 valence electrons. The van der Waals surface area contributed by atoms with Crippen molar-refractivity contribution in [3.05, 3.63) is 45.7 Å². The van der Waals surface area contributed by atoms with Crippen molar-refractivity contribution in [1.82, 2.24) is 4.98 Å². The van der Waals surface area contributed by atoms with Gasteiger partial charge in [-0.2, -0.15) is 0 Å². The van der Waals surface area contributed by atoms with Gasteiger partial charge in [-0.1, -0.05) is 6.07 Å². The largest absolute Gasteiger partial charge is 0.480 e. The Morgan fingerprint density at radius 3 is 2.84 bits per heavy atom. The molecule has 2 aromatic rings. The maximum absolute atomic E-state index is 11.5. The van der Waals surface area contributed by atoms with Gasteiger partial charge in [-0.3, -0.25) is 9.59 Å². The Hall–Kier alpha value is -2.14. The standard InChI is InChI=1S/C14H16N2O3/c1-8-6-10-7-9(2-4-11(15)14(18)19)3-5-12(10)16-13(8)17/h3,5-7,11H,2,4,15H2,1H3,(H,16,17)(H,18,19). The molecule has 0 fully saturated rings. The van der Waals surface area contributed by atoms with Crippen LogP contribution in [0.15, 0.2) is 29.1 Å². The second-order valence-electron chi connectivity index (χ2n) is 4.69. The molecule has 1 aromatic carbocycles. The molecule has 1 unspecified atom stereocenters. The third-order valence-corrected chi connectivity index (χ3v) is 3.16. The van der Waals surface area contributed by atoms with E-state index in [4.69, 9.17) is 10.8 Å². The lowest BCUT2D eigenvalue weighted by atomic mass is 10.0. The number of aliphatic carboxylic acids is 1. The summed E-state index contributed by atoms with van der Waals surface area (Å²) in [4.78, 5) is 24.9. The fourth-order valence-electron chi connectivity index (χ4n) is 1.97. The molecular formula is C14H16N2O3. The van der Waals surface area contributed by atoms with Crippen molar-refractivity contribution in [3.8, 4) is 0 Å². The average Bonchev–Trinajstić information content (AvgIpc) is 2.37. The number of pyridine rings is 1. The van der Waals surface area contributed by atoms with Crippen LogP contribution in [0, 0.1) is 6.92 Å². The van der Waals surface area contributed by atoms with Crippen LogP contribution >= 0.6 is 0 Å². The number of carboxylic acid groups (broad SMARTS) is 1.